The average Bonchev–Trinajstić information content (AvgIpc) is 2.69. The monoisotopic (exact) mass is 390 g/mol. The number of halogens is 2. The molecule has 2 aromatic rings. The topological polar surface area (TPSA) is 49.9 Å². The summed E-state index contributed by atoms with van der Waals surface area (Å²) in [4.78, 5) is 28.6. The number of hydrogen-bond donors (Lipinski definition) is 0. The molecule has 1 fully saturated rings. The molecule has 2 aromatic carbocycles. The fourth-order valence-electron chi connectivity index (χ4n) is 3.07. The number of benzene rings is 2. The Labute approximate surface area is 162 Å². The Morgan fingerprint density at radius 2 is 1.67 bits per heavy atom. The van der Waals surface area contributed by atoms with E-state index in [1.54, 1.807) is 40.1 Å². The molecule has 0 aromatic heterocycles. The maximum atomic E-state index is 13.0. The van der Waals surface area contributed by atoms with Crippen LogP contribution in [-0.4, -0.2) is 54.9 Å². The van der Waals surface area contributed by atoms with Crippen LogP contribution in [0, 0.1) is 5.82 Å². The third-order valence-corrected chi connectivity index (χ3v) is 4.82. The van der Waals surface area contributed by atoms with E-state index >= 15 is 0 Å². The van der Waals surface area contributed by atoms with Crippen LogP contribution < -0.4 is 4.74 Å². The van der Waals surface area contributed by atoms with E-state index in [1.165, 1.54) is 19.2 Å². The molecular formula is C20H20ClFN2O3. The van der Waals surface area contributed by atoms with Gasteiger partial charge in [-0.3, -0.25) is 9.59 Å². The zero-order valence-corrected chi connectivity index (χ0v) is 15.7. The summed E-state index contributed by atoms with van der Waals surface area (Å²) >= 11 is 6.01. The lowest BCUT2D eigenvalue weighted by Crippen LogP contribution is -2.51. The van der Waals surface area contributed by atoms with Crippen LogP contribution in [0.15, 0.2) is 42.5 Å². The molecule has 0 saturated carbocycles. The SMILES string of the molecule is COc1ccc(Cl)cc1C(=O)N1CCN(C(=O)Cc2ccc(F)cc2)CC1. The largest absolute Gasteiger partial charge is 0.496 e. The molecule has 1 aliphatic rings. The minimum absolute atomic E-state index is 0.0333. The molecule has 0 atom stereocenters. The van der Waals surface area contributed by atoms with Gasteiger partial charge in [-0.05, 0) is 35.9 Å². The fourth-order valence-corrected chi connectivity index (χ4v) is 3.24. The van der Waals surface area contributed by atoms with Crippen molar-refractivity contribution in [2.45, 2.75) is 6.42 Å². The van der Waals surface area contributed by atoms with Gasteiger partial charge in [-0.25, -0.2) is 4.39 Å². The molecule has 0 unspecified atom stereocenters. The summed E-state index contributed by atoms with van der Waals surface area (Å²) in [7, 11) is 1.51. The molecule has 27 heavy (non-hydrogen) atoms. The molecule has 0 spiro atoms. The van der Waals surface area contributed by atoms with Gasteiger partial charge in [-0.15, -0.1) is 0 Å². The first-order chi connectivity index (χ1) is 13.0. The molecule has 0 bridgehead atoms. The van der Waals surface area contributed by atoms with E-state index in [0.717, 1.165) is 5.56 Å². The summed E-state index contributed by atoms with van der Waals surface area (Å²) in [6.45, 7) is 1.77. The van der Waals surface area contributed by atoms with Gasteiger partial charge in [0, 0.05) is 31.2 Å². The van der Waals surface area contributed by atoms with Crippen molar-refractivity contribution < 1.29 is 18.7 Å². The maximum Gasteiger partial charge on any atom is 0.257 e. The highest BCUT2D eigenvalue weighted by Crippen LogP contribution is 2.24. The zero-order valence-electron chi connectivity index (χ0n) is 15.0. The Balaban J connectivity index is 1.60. The molecule has 0 N–H and O–H groups in total. The second-order valence-electron chi connectivity index (χ2n) is 6.32. The van der Waals surface area contributed by atoms with Gasteiger partial charge < -0.3 is 14.5 Å². The summed E-state index contributed by atoms with van der Waals surface area (Å²) in [5, 5.41) is 0.465. The van der Waals surface area contributed by atoms with Crippen molar-refractivity contribution in [3.8, 4) is 5.75 Å². The van der Waals surface area contributed by atoms with E-state index in [-0.39, 0.29) is 24.1 Å². The maximum absolute atomic E-state index is 13.0. The first-order valence-electron chi connectivity index (χ1n) is 8.63. The summed E-state index contributed by atoms with van der Waals surface area (Å²) in [6, 6.07) is 10.8. The highest BCUT2D eigenvalue weighted by molar-refractivity contribution is 6.31. The van der Waals surface area contributed by atoms with Crippen LogP contribution in [-0.2, 0) is 11.2 Å². The molecule has 1 heterocycles. The van der Waals surface area contributed by atoms with Gasteiger partial charge in [0.05, 0.1) is 19.1 Å². The Morgan fingerprint density at radius 3 is 2.30 bits per heavy atom. The predicted molar refractivity (Wildman–Crippen MR) is 101 cm³/mol. The van der Waals surface area contributed by atoms with Gasteiger partial charge in [-0.1, -0.05) is 23.7 Å². The first-order valence-corrected chi connectivity index (χ1v) is 9.01. The number of piperazine rings is 1. The molecule has 7 heteroatoms. The lowest BCUT2D eigenvalue weighted by atomic mass is 10.1. The van der Waals surface area contributed by atoms with E-state index < -0.39 is 0 Å². The van der Waals surface area contributed by atoms with Crippen molar-refractivity contribution >= 4 is 23.4 Å². The Bertz CT molecular complexity index is 834. The van der Waals surface area contributed by atoms with Crippen molar-refractivity contribution in [2.75, 3.05) is 33.3 Å². The fraction of sp³-hybridized carbons (Fsp3) is 0.300. The summed E-state index contributed by atoms with van der Waals surface area (Å²) in [5.41, 5.74) is 1.18. The number of hydrogen-bond acceptors (Lipinski definition) is 3. The summed E-state index contributed by atoms with van der Waals surface area (Å²) in [6.07, 6.45) is 0.219. The summed E-state index contributed by atoms with van der Waals surface area (Å²) < 4.78 is 18.2. The average molecular weight is 391 g/mol. The van der Waals surface area contributed by atoms with Crippen molar-refractivity contribution in [3.63, 3.8) is 0 Å². The third-order valence-electron chi connectivity index (χ3n) is 4.58. The van der Waals surface area contributed by atoms with Crippen molar-refractivity contribution in [1.29, 1.82) is 0 Å². The Morgan fingerprint density at radius 1 is 1.04 bits per heavy atom. The Hall–Kier alpha value is -2.60. The number of carbonyl (C=O) groups is 2. The quantitative estimate of drug-likeness (QED) is 0.806. The smallest absolute Gasteiger partial charge is 0.257 e. The van der Waals surface area contributed by atoms with Crippen LogP contribution >= 0.6 is 11.6 Å². The van der Waals surface area contributed by atoms with Crippen molar-refractivity contribution in [2.24, 2.45) is 0 Å². The number of nitrogens with zero attached hydrogens (tertiary/aromatic N) is 2. The molecule has 0 radical (unpaired) electrons. The van der Waals surface area contributed by atoms with E-state index in [1.807, 2.05) is 0 Å². The molecule has 0 aliphatic carbocycles. The number of amides is 2. The minimum atomic E-state index is -0.324. The van der Waals surface area contributed by atoms with Crippen LogP contribution in [0.4, 0.5) is 4.39 Å². The standard InChI is InChI=1S/C20H20ClFN2O3/c1-27-18-7-4-15(21)13-17(18)20(26)24-10-8-23(9-11-24)19(25)12-14-2-5-16(22)6-3-14/h2-7,13H,8-12H2,1H3. The predicted octanol–water partition coefficient (Wildman–Crippen LogP) is 3.01. The van der Waals surface area contributed by atoms with Crippen LogP contribution in [0.3, 0.4) is 0 Å². The molecule has 5 nitrogen and oxygen atoms in total. The van der Waals surface area contributed by atoms with Gasteiger partial charge in [0.15, 0.2) is 0 Å². The van der Waals surface area contributed by atoms with Gasteiger partial charge in [0.2, 0.25) is 5.91 Å². The van der Waals surface area contributed by atoms with E-state index in [0.29, 0.717) is 42.5 Å². The van der Waals surface area contributed by atoms with Gasteiger partial charge in [0.1, 0.15) is 11.6 Å². The normalized spacial score (nSPS) is 14.2. The van der Waals surface area contributed by atoms with Crippen LogP contribution in [0.2, 0.25) is 5.02 Å². The zero-order chi connectivity index (χ0) is 19.4. The first kappa shape index (κ1) is 19.2. The number of methoxy groups -OCH3 is 1. The third kappa shape index (κ3) is 4.57. The van der Waals surface area contributed by atoms with E-state index in [9.17, 15) is 14.0 Å². The molecule has 142 valence electrons. The van der Waals surface area contributed by atoms with E-state index in [2.05, 4.69) is 0 Å². The molecule has 1 saturated heterocycles. The lowest BCUT2D eigenvalue weighted by molar-refractivity contribution is -0.131. The van der Waals surface area contributed by atoms with Crippen LogP contribution in [0.5, 0.6) is 5.75 Å². The number of ether oxygens (including phenoxy) is 1. The van der Waals surface area contributed by atoms with Crippen LogP contribution in [0.1, 0.15) is 15.9 Å². The molecule has 2 amide bonds. The Kier molecular flexibility index (Phi) is 5.96. The lowest BCUT2D eigenvalue weighted by Gasteiger charge is -2.35. The van der Waals surface area contributed by atoms with Gasteiger partial charge >= 0.3 is 0 Å². The highest BCUT2D eigenvalue weighted by atomic mass is 35.5. The second-order valence-corrected chi connectivity index (χ2v) is 6.76. The number of carbonyl (C=O) groups excluding carboxylic acids is 2. The minimum Gasteiger partial charge on any atom is -0.496 e. The van der Waals surface area contributed by atoms with Crippen LogP contribution in [0.25, 0.3) is 0 Å². The van der Waals surface area contributed by atoms with Gasteiger partial charge in [0.25, 0.3) is 5.91 Å². The van der Waals surface area contributed by atoms with E-state index in [4.69, 9.17) is 16.3 Å². The second kappa shape index (κ2) is 8.39. The summed E-state index contributed by atoms with van der Waals surface area (Å²) in [5.74, 6) is -0.0528. The van der Waals surface area contributed by atoms with Crippen molar-refractivity contribution in [1.82, 2.24) is 9.80 Å². The highest BCUT2D eigenvalue weighted by Gasteiger charge is 2.26. The number of rotatable bonds is 4. The molecule has 3 rings (SSSR count). The van der Waals surface area contributed by atoms with Crippen molar-refractivity contribution in [3.05, 3.63) is 64.4 Å². The molecule has 1 aliphatic heterocycles. The molecular weight excluding hydrogens is 371 g/mol. The van der Waals surface area contributed by atoms with Gasteiger partial charge in [-0.2, -0.15) is 0 Å².